The maximum absolute atomic E-state index is 8.83. The van der Waals surface area contributed by atoms with Gasteiger partial charge in [0.05, 0.1) is 11.6 Å². The third-order valence-corrected chi connectivity index (χ3v) is 3.66. The van der Waals surface area contributed by atoms with E-state index in [0.717, 1.165) is 21.4 Å². The molecule has 3 heteroatoms. The van der Waals surface area contributed by atoms with Gasteiger partial charge in [0, 0.05) is 15.8 Å². The van der Waals surface area contributed by atoms with Crippen LogP contribution in [0, 0.1) is 25.2 Å². The van der Waals surface area contributed by atoms with E-state index in [1.165, 1.54) is 5.56 Å². The van der Waals surface area contributed by atoms with Crippen molar-refractivity contribution in [3.63, 3.8) is 0 Å². The van der Waals surface area contributed by atoms with E-state index in [9.17, 15) is 0 Å². The van der Waals surface area contributed by atoms with E-state index >= 15 is 0 Å². The quantitative estimate of drug-likeness (QED) is 0.874. The Hall–Kier alpha value is -1.79. The lowest BCUT2D eigenvalue weighted by molar-refractivity contribution is 1.38. The molecule has 1 N–H and O–H groups in total. The molecule has 0 radical (unpaired) electrons. The van der Waals surface area contributed by atoms with Crippen LogP contribution in [0.2, 0.25) is 0 Å². The largest absolute Gasteiger partial charge is 0.355 e. The highest BCUT2D eigenvalue weighted by Gasteiger charge is 2.02. The molecule has 0 aliphatic rings. The Kier molecular flexibility index (Phi) is 3.69. The molecule has 2 rings (SSSR count). The fraction of sp³-hybridized carbons (Fsp3) is 0.133. The summed E-state index contributed by atoms with van der Waals surface area (Å²) < 4.78 is 1.08. The summed E-state index contributed by atoms with van der Waals surface area (Å²) >= 11 is 3.52. The maximum atomic E-state index is 8.83. The summed E-state index contributed by atoms with van der Waals surface area (Å²) in [5.41, 5.74) is 5.00. The summed E-state index contributed by atoms with van der Waals surface area (Å²) in [6, 6.07) is 13.9. The SMILES string of the molecule is Cc1ccc(Nc2ccc(C#N)cc2C)cc1Br. The minimum atomic E-state index is 0.683. The Bertz CT molecular complexity index is 627. The molecular weight excluding hydrogens is 288 g/mol. The first-order valence-electron chi connectivity index (χ1n) is 5.64. The Morgan fingerprint density at radius 3 is 2.44 bits per heavy atom. The molecule has 2 nitrogen and oxygen atoms in total. The third kappa shape index (κ3) is 2.72. The molecule has 0 spiro atoms. The van der Waals surface area contributed by atoms with Gasteiger partial charge < -0.3 is 5.32 Å². The summed E-state index contributed by atoms with van der Waals surface area (Å²) in [5.74, 6) is 0. The Morgan fingerprint density at radius 1 is 1.06 bits per heavy atom. The number of rotatable bonds is 2. The van der Waals surface area contributed by atoms with E-state index in [4.69, 9.17) is 5.26 Å². The summed E-state index contributed by atoms with van der Waals surface area (Å²) in [4.78, 5) is 0. The summed E-state index contributed by atoms with van der Waals surface area (Å²) in [7, 11) is 0. The minimum absolute atomic E-state index is 0.683. The zero-order valence-corrected chi connectivity index (χ0v) is 11.9. The van der Waals surface area contributed by atoms with Crippen molar-refractivity contribution in [3.05, 3.63) is 57.6 Å². The molecule has 2 aromatic rings. The first-order chi connectivity index (χ1) is 8.60. The number of aryl methyl sites for hydroxylation is 2. The summed E-state index contributed by atoms with van der Waals surface area (Å²) in [6.45, 7) is 4.05. The van der Waals surface area contributed by atoms with Gasteiger partial charge in [-0.3, -0.25) is 0 Å². The Morgan fingerprint density at radius 2 is 1.83 bits per heavy atom. The molecule has 18 heavy (non-hydrogen) atoms. The highest BCUT2D eigenvalue weighted by Crippen LogP contribution is 2.25. The van der Waals surface area contributed by atoms with Crippen LogP contribution in [0.1, 0.15) is 16.7 Å². The number of anilines is 2. The number of nitriles is 1. The number of hydrogen-bond donors (Lipinski definition) is 1. The van der Waals surface area contributed by atoms with Gasteiger partial charge in [0.15, 0.2) is 0 Å². The number of hydrogen-bond acceptors (Lipinski definition) is 2. The van der Waals surface area contributed by atoms with Gasteiger partial charge in [0.2, 0.25) is 0 Å². The lowest BCUT2D eigenvalue weighted by atomic mass is 10.1. The number of nitrogens with zero attached hydrogens (tertiary/aromatic N) is 1. The molecular formula is C15H13BrN2. The highest BCUT2D eigenvalue weighted by atomic mass is 79.9. The Balaban J connectivity index is 2.29. The molecule has 0 aliphatic heterocycles. The van der Waals surface area contributed by atoms with Gasteiger partial charge >= 0.3 is 0 Å². The molecule has 0 heterocycles. The van der Waals surface area contributed by atoms with Gasteiger partial charge in [-0.05, 0) is 55.3 Å². The second-order valence-corrected chi connectivity index (χ2v) is 5.08. The second kappa shape index (κ2) is 5.24. The van der Waals surface area contributed by atoms with E-state index in [0.29, 0.717) is 5.56 Å². The van der Waals surface area contributed by atoms with E-state index in [1.54, 1.807) is 0 Å². The van der Waals surface area contributed by atoms with Crippen LogP contribution < -0.4 is 5.32 Å². The average Bonchev–Trinajstić information content (AvgIpc) is 2.36. The molecule has 0 saturated heterocycles. The van der Waals surface area contributed by atoms with Crippen LogP contribution in [-0.2, 0) is 0 Å². The normalized spacial score (nSPS) is 9.89. The van der Waals surface area contributed by atoms with Gasteiger partial charge in [0.25, 0.3) is 0 Å². The molecule has 0 aliphatic carbocycles. The van der Waals surface area contributed by atoms with Gasteiger partial charge in [-0.1, -0.05) is 22.0 Å². The molecule has 90 valence electrons. The van der Waals surface area contributed by atoms with E-state index < -0.39 is 0 Å². The Labute approximate surface area is 115 Å². The van der Waals surface area contributed by atoms with Crippen LogP contribution in [0.3, 0.4) is 0 Å². The highest BCUT2D eigenvalue weighted by molar-refractivity contribution is 9.10. The summed E-state index contributed by atoms with van der Waals surface area (Å²) in [6.07, 6.45) is 0. The molecule has 0 fully saturated rings. The van der Waals surface area contributed by atoms with E-state index in [-0.39, 0.29) is 0 Å². The average molecular weight is 301 g/mol. The van der Waals surface area contributed by atoms with E-state index in [2.05, 4.69) is 40.3 Å². The van der Waals surface area contributed by atoms with Crippen molar-refractivity contribution in [3.8, 4) is 6.07 Å². The predicted octanol–water partition coefficient (Wildman–Crippen LogP) is 4.68. The summed E-state index contributed by atoms with van der Waals surface area (Å²) in [5, 5.41) is 12.2. The molecule has 0 saturated carbocycles. The van der Waals surface area contributed by atoms with Crippen LogP contribution >= 0.6 is 15.9 Å². The monoisotopic (exact) mass is 300 g/mol. The topological polar surface area (TPSA) is 35.8 Å². The molecule has 0 amide bonds. The van der Waals surface area contributed by atoms with Crippen LogP contribution in [0.4, 0.5) is 11.4 Å². The van der Waals surface area contributed by atoms with Gasteiger partial charge in [-0.25, -0.2) is 0 Å². The number of nitrogens with one attached hydrogen (secondary N) is 1. The predicted molar refractivity (Wildman–Crippen MR) is 78.1 cm³/mol. The number of benzene rings is 2. The van der Waals surface area contributed by atoms with Crippen LogP contribution in [-0.4, -0.2) is 0 Å². The van der Waals surface area contributed by atoms with Crippen molar-refractivity contribution in [2.45, 2.75) is 13.8 Å². The molecule has 0 unspecified atom stereocenters. The van der Waals surface area contributed by atoms with Gasteiger partial charge in [-0.2, -0.15) is 5.26 Å². The third-order valence-electron chi connectivity index (χ3n) is 2.81. The van der Waals surface area contributed by atoms with E-state index in [1.807, 2.05) is 37.3 Å². The maximum Gasteiger partial charge on any atom is 0.0991 e. The van der Waals surface area contributed by atoms with Crippen LogP contribution in [0.15, 0.2) is 40.9 Å². The fourth-order valence-corrected chi connectivity index (χ4v) is 2.08. The number of halogens is 1. The second-order valence-electron chi connectivity index (χ2n) is 4.23. The standard InChI is InChI=1S/C15H13BrN2/c1-10-3-5-13(8-14(10)16)18-15-6-4-12(9-17)7-11(15)2/h3-8,18H,1-2H3. The first-order valence-corrected chi connectivity index (χ1v) is 6.43. The van der Waals surface area contributed by atoms with Crippen molar-refractivity contribution in [1.82, 2.24) is 0 Å². The molecule has 0 bridgehead atoms. The van der Waals surface area contributed by atoms with Crippen molar-refractivity contribution >= 4 is 27.3 Å². The van der Waals surface area contributed by atoms with Gasteiger partial charge in [0.1, 0.15) is 0 Å². The van der Waals surface area contributed by atoms with Crippen molar-refractivity contribution in [1.29, 1.82) is 5.26 Å². The first kappa shape index (κ1) is 12.7. The fourth-order valence-electron chi connectivity index (χ4n) is 1.70. The van der Waals surface area contributed by atoms with Crippen LogP contribution in [0.5, 0.6) is 0 Å². The smallest absolute Gasteiger partial charge is 0.0991 e. The lowest BCUT2D eigenvalue weighted by Gasteiger charge is -2.11. The van der Waals surface area contributed by atoms with Crippen molar-refractivity contribution < 1.29 is 0 Å². The zero-order chi connectivity index (χ0) is 13.1. The minimum Gasteiger partial charge on any atom is -0.355 e. The van der Waals surface area contributed by atoms with Gasteiger partial charge in [-0.15, -0.1) is 0 Å². The zero-order valence-electron chi connectivity index (χ0n) is 10.3. The molecule has 0 aromatic heterocycles. The lowest BCUT2D eigenvalue weighted by Crippen LogP contribution is -1.94. The van der Waals surface area contributed by atoms with Crippen LogP contribution in [0.25, 0.3) is 0 Å². The van der Waals surface area contributed by atoms with Crippen molar-refractivity contribution in [2.75, 3.05) is 5.32 Å². The molecule has 2 aromatic carbocycles. The molecule has 0 atom stereocenters. The van der Waals surface area contributed by atoms with Crippen molar-refractivity contribution in [2.24, 2.45) is 0 Å².